The third kappa shape index (κ3) is 3.80. The molecule has 2 rings (SSSR count). The van der Waals surface area contributed by atoms with Crippen molar-refractivity contribution in [3.63, 3.8) is 0 Å². The fraction of sp³-hybridized carbons (Fsp3) is 0.562. The number of carbonyl (C=O) groups excluding carboxylic acids is 1. The zero-order chi connectivity index (χ0) is 13.7. The van der Waals surface area contributed by atoms with Crippen molar-refractivity contribution in [2.75, 3.05) is 6.54 Å². The molecule has 0 spiro atoms. The Balaban J connectivity index is 1.91. The van der Waals surface area contributed by atoms with Crippen LogP contribution in [-0.2, 0) is 24.2 Å². The lowest BCUT2D eigenvalue weighted by Gasteiger charge is -2.17. The van der Waals surface area contributed by atoms with Crippen LogP contribution in [0.4, 0.5) is 0 Å². The van der Waals surface area contributed by atoms with Crippen molar-refractivity contribution in [1.82, 2.24) is 5.32 Å². The number of aryl methyl sites for hydroxylation is 2. The molecule has 1 aliphatic carbocycles. The number of nitrogens with one attached hydrogen (secondary N) is 1. The maximum atomic E-state index is 11.8. The summed E-state index contributed by atoms with van der Waals surface area (Å²) in [6, 6.07) is 6.61. The fourth-order valence-electron chi connectivity index (χ4n) is 2.64. The molecule has 19 heavy (non-hydrogen) atoms. The highest BCUT2D eigenvalue weighted by atomic mass is 16.1. The van der Waals surface area contributed by atoms with Gasteiger partial charge < -0.3 is 11.1 Å². The average Bonchev–Trinajstić information content (AvgIpc) is 2.44. The molecule has 3 N–H and O–H groups in total. The first kappa shape index (κ1) is 14.1. The second kappa shape index (κ2) is 6.71. The summed E-state index contributed by atoms with van der Waals surface area (Å²) in [4.78, 5) is 11.8. The van der Waals surface area contributed by atoms with E-state index < -0.39 is 0 Å². The molecule has 0 aromatic heterocycles. The predicted octanol–water partition coefficient (Wildman–Crippen LogP) is 2.17. The molecule has 104 valence electrons. The molecule has 0 saturated heterocycles. The maximum absolute atomic E-state index is 11.8. The Morgan fingerprint density at radius 2 is 2.05 bits per heavy atom. The molecule has 0 fully saturated rings. The number of fused-ring (bicyclic) bond motifs is 1. The van der Waals surface area contributed by atoms with Gasteiger partial charge in [-0.15, -0.1) is 0 Å². The molecular weight excluding hydrogens is 236 g/mol. The van der Waals surface area contributed by atoms with E-state index in [0.29, 0.717) is 13.1 Å². The van der Waals surface area contributed by atoms with E-state index in [1.807, 2.05) is 6.92 Å². The largest absolute Gasteiger partial charge is 0.352 e. The van der Waals surface area contributed by atoms with Gasteiger partial charge in [0.1, 0.15) is 0 Å². The number of hydrogen-bond acceptors (Lipinski definition) is 2. The van der Waals surface area contributed by atoms with Gasteiger partial charge in [-0.1, -0.05) is 25.1 Å². The third-order valence-corrected chi connectivity index (χ3v) is 3.93. The van der Waals surface area contributed by atoms with E-state index in [9.17, 15) is 4.79 Å². The van der Waals surface area contributed by atoms with Crippen LogP contribution in [0.3, 0.4) is 0 Å². The van der Waals surface area contributed by atoms with Gasteiger partial charge >= 0.3 is 0 Å². The number of benzene rings is 1. The summed E-state index contributed by atoms with van der Waals surface area (Å²) in [5, 5.41) is 3.00. The summed E-state index contributed by atoms with van der Waals surface area (Å²) in [7, 11) is 0. The highest BCUT2D eigenvalue weighted by molar-refractivity contribution is 5.78. The molecule has 1 atom stereocenters. The molecule has 0 saturated carbocycles. The predicted molar refractivity (Wildman–Crippen MR) is 77.8 cm³/mol. The van der Waals surface area contributed by atoms with Crippen LogP contribution in [0.25, 0.3) is 0 Å². The zero-order valence-electron chi connectivity index (χ0n) is 11.7. The summed E-state index contributed by atoms with van der Waals surface area (Å²) in [6.45, 7) is 3.11. The van der Waals surface area contributed by atoms with Crippen LogP contribution in [0.5, 0.6) is 0 Å². The number of nitrogens with two attached hydrogens (primary N) is 1. The molecule has 3 heteroatoms. The molecule has 1 aromatic carbocycles. The topological polar surface area (TPSA) is 55.1 Å². The average molecular weight is 260 g/mol. The molecule has 3 nitrogen and oxygen atoms in total. The smallest absolute Gasteiger partial charge is 0.223 e. The van der Waals surface area contributed by atoms with Gasteiger partial charge in [-0.25, -0.2) is 0 Å². The lowest BCUT2D eigenvalue weighted by atomic mass is 9.90. The molecule has 0 aliphatic heterocycles. The molecule has 1 amide bonds. The minimum Gasteiger partial charge on any atom is -0.352 e. The van der Waals surface area contributed by atoms with Crippen molar-refractivity contribution in [3.8, 4) is 0 Å². The first-order valence-corrected chi connectivity index (χ1v) is 7.29. The quantitative estimate of drug-likeness (QED) is 0.852. The van der Waals surface area contributed by atoms with E-state index in [1.165, 1.54) is 42.4 Å². The van der Waals surface area contributed by atoms with Crippen molar-refractivity contribution in [2.24, 2.45) is 11.7 Å². The number of rotatable bonds is 5. The first-order chi connectivity index (χ1) is 9.20. The van der Waals surface area contributed by atoms with Crippen LogP contribution in [0, 0.1) is 5.92 Å². The van der Waals surface area contributed by atoms with Gasteiger partial charge in [-0.05, 0) is 55.3 Å². The zero-order valence-corrected chi connectivity index (χ0v) is 11.7. The summed E-state index contributed by atoms with van der Waals surface area (Å²) in [5.74, 6) is 0.103. The Bertz CT molecular complexity index is 442. The van der Waals surface area contributed by atoms with E-state index in [4.69, 9.17) is 5.73 Å². The van der Waals surface area contributed by atoms with Gasteiger partial charge in [0.25, 0.3) is 0 Å². The van der Waals surface area contributed by atoms with Gasteiger partial charge in [0.2, 0.25) is 5.91 Å². The summed E-state index contributed by atoms with van der Waals surface area (Å²) < 4.78 is 0. The molecule has 1 aromatic rings. The molecule has 0 heterocycles. The van der Waals surface area contributed by atoms with E-state index in [0.717, 1.165) is 6.42 Å². The van der Waals surface area contributed by atoms with Crippen molar-refractivity contribution < 1.29 is 4.79 Å². The van der Waals surface area contributed by atoms with E-state index in [1.54, 1.807) is 0 Å². The first-order valence-electron chi connectivity index (χ1n) is 7.29. The highest BCUT2D eigenvalue weighted by Crippen LogP contribution is 2.22. The number of carbonyl (C=O) groups is 1. The Morgan fingerprint density at radius 1 is 1.32 bits per heavy atom. The fourth-order valence-corrected chi connectivity index (χ4v) is 2.64. The van der Waals surface area contributed by atoms with Gasteiger partial charge in [0.15, 0.2) is 0 Å². The van der Waals surface area contributed by atoms with Gasteiger partial charge in [-0.2, -0.15) is 0 Å². The number of amides is 1. The monoisotopic (exact) mass is 260 g/mol. The normalized spacial score (nSPS) is 15.7. The summed E-state index contributed by atoms with van der Waals surface area (Å²) in [6.07, 6.45) is 5.72. The Labute approximate surface area is 115 Å². The minimum atomic E-state index is 0.00243. The SMILES string of the molecule is CC(CCN)C(=O)NCc1ccc2c(c1)CCCC2. The van der Waals surface area contributed by atoms with E-state index in [2.05, 4.69) is 23.5 Å². The van der Waals surface area contributed by atoms with E-state index >= 15 is 0 Å². The van der Waals surface area contributed by atoms with Crippen molar-refractivity contribution in [2.45, 2.75) is 45.6 Å². The minimum absolute atomic E-state index is 0.00243. The van der Waals surface area contributed by atoms with Gasteiger partial charge in [0.05, 0.1) is 0 Å². The molecule has 1 unspecified atom stereocenters. The molecule has 0 bridgehead atoms. The number of hydrogen-bond donors (Lipinski definition) is 2. The molecule has 1 aliphatic rings. The molecular formula is C16H24N2O. The van der Waals surface area contributed by atoms with Crippen molar-refractivity contribution in [1.29, 1.82) is 0 Å². The lowest BCUT2D eigenvalue weighted by Crippen LogP contribution is -2.30. The van der Waals surface area contributed by atoms with E-state index in [-0.39, 0.29) is 11.8 Å². The Kier molecular flexibility index (Phi) is 4.97. The Morgan fingerprint density at radius 3 is 2.79 bits per heavy atom. The molecule has 0 radical (unpaired) electrons. The maximum Gasteiger partial charge on any atom is 0.223 e. The summed E-state index contributed by atoms with van der Waals surface area (Å²) in [5.41, 5.74) is 9.62. The van der Waals surface area contributed by atoms with Gasteiger partial charge in [-0.3, -0.25) is 4.79 Å². The third-order valence-electron chi connectivity index (χ3n) is 3.93. The summed E-state index contributed by atoms with van der Waals surface area (Å²) >= 11 is 0. The van der Waals surface area contributed by atoms with Crippen LogP contribution >= 0.6 is 0 Å². The second-order valence-electron chi connectivity index (χ2n) is 5.51. The van der Waals surface area contributed by atoms with Crippen molar-refractivity contribution in [3.05, 3.63) is 34.9 Å². The van der Waals surface area contributed by atoms with Crippen LogP contribution < -0.4 is 11.1 Å². The highest BCUT2D eigenvalue weighted by Gasteiger charge is 2.12. The van der Waals surface area contributed by atoms with Crippen LogP contribution in [0.15, 0.2) is 18.2 Å². The van der Waals surface area contributed by atoms with Gasteiger partial charge in [0, 0.05) is 12.5 Å². The van der Waals surface area contributed by atoms with Crippen molar-refractivity contribution >= 4 is 5.91 Å². The Hall–Kier alpha value is -1.35. The standard InChI is InChI=1S/C16H24N2O/c1-12(8-9-17)16(19)18-11-13-6-7-14-4-2-3-5-15(14)10-13/h6-7,10,12H,2-5,8-9,11,17H2,1H3,(H,18,19). The van der Waals surface area contributed by atoms with Crippen LogP contribution in [0.1, 0.15) is 42.9 Å². The van der Waals surface area contributed by atoms with Crippen LogP contribution in [-0.4, -0.2) is 12.5 Å². The lowest BCUT2D eigenvalue weighted by molar-refractivity contribution is -0.124. The van der Waals surface area contributed by atoms with Crippen LogP contribution in [0.2, 0.25) is 0 Å². The second-order valence-corrected chi connectivity index (χ2v) is 5.51.